The summed E-state index contributed by atoms with van der Waals surface area (Å²) in [5.74, 6) is 0.740. The van der Waals surface area contributed by atoms with Gasteiger partial charge >= 0.3 is 5.69 Å². The molecule has 0 aliphatic carbocycles. The van der Waals surface area contributed by atoms with Crippen LogP contribution in [0.5, 0.6) is 0 Å². The van der Waals surface area contributed by atoms with Crippen LogP contribution in [0.2, 0.25) is 0 Å². The van der Waals surface area contributed by atoms with Gasteiger partial charge in [-0.2, -0.15) is 0 Å². The maximum absolute atomic E-state index is 11.2. The lowest BCUT2D eigenvalue weighted by Gasteiger charge is -2.22. The van der Waals surface area contributed by atoms with Crippen LogP contribution in [0.3, 0.4) is 0 Å². The standard InChI is InChI=1S/C14H20N4O/c19-14-17-12-4-3-10(6-13(12)18-14)7-16-9-11-2-1-5-15-8-11/h3-4,6,11,15-16H,1-2,5,7-9H2,(H2,17,18,19). The summed E-state index contributed by atoms with van der Waals surface area (Å²) < 4.78 is 0. The molecule has 4 N–H and O–H groups in total. The van der Waals surface area contributed by atoms with Crippen molar-refractivity contribution in [1.82, 2.24) is 20.6 Å². The van der Waals surface area contributed by atoms with Crippen molar-refractivity contribution >= 4 is 11.0 Å². The lowest BCUT2D eigenvalue weighted by molar-refractivity contribution is 0.360. The molecule has 1 aromatic carbocycles. The van der Waals surface area contributed by atoms with Gasteiger partial charge in [0.2, 0.25) is 0 Å². The van der Waals surface area contributed by atoms with E-state index in [2.05, 4.69) is 26.7 Å². The molecule has 1 unspecified atom stereocenters. The van der Waals surface area contributed by atoms with Crippen molar-refractivity contribution in [2.24, 2.45) is 5.92 Å². The van der Waals surface area contributed by atoms with Gasteiger partial charge in [-0.25, -0.2) is 4.79 Å². The monoisotopic (exact) mass is 260 g/mol. The van der Waals surface area contributed by atoms with E-state index in [0.29, 0.717) is 0 Å². The van der Waals surface area contributed by atoms with Crippen molar-refractivity contribution in [2.75, 3.05) is 19.6 Å². The highest BCUT2D eigenvalue weighted by molar-refractivity contribution is 5.74. The van der Waals surface area contributed by atoms with Crippen LogP contribution < -0.4 is 16.3 Å². The first-order valence-corrected chi connectivity index (χ1v) is 6.93. The van der Waals surface area contributed by atoms with Crippen LogP contribution in [-0.4, -0.2) is 29.6 Å². The highest BCUT2D eigenvalue weighted by atomic mass is 16.1. The van der Waals surface area contributed by atoms with Gasteiger partial charge in [-0.15, -0.1) is 0 Å². The number of hydrogen-bond donors (Lipinski definition) is 4. The Bertz CT molecular complexity index is 595. The Kier molecular flexibility index (Phi) is 3.66. The van der Waals surface area contributed by atoms with Crippen LogP contribution in [0, 0.1) is 5.92 Å². The van der Waals surface area contributed by atoms with E-state index in [1.807, 2.05) is 12.1 Å². The second-order valence-corrected chi connectivity index (χ2v) is 5.30. The molecule has 5 nitrogen and oxygen atoms in total. The Morgan fingerprint density at radius 3 is 3.00 bits per heavy atom. The molecule has 3 rings (SSSR count). The summed E-state index contributed by atoms with van der Waals surface area (Å²) in [7, 11) is 0. The van der Waals surface area contributed by atoms with Crippen LogP contribution in [0.4, 0.5) is 0 Å². The van der Waals surface area contributed by atoms with Gasteiger partial charge in [0.1, 0.15) is 0 Å². The van der Waals surface area contributed by atoms with Crippen LogP contribution in [-0.2, 0) is 6.54 Å². The van der Waals surface area contributed by atoms with Gasteiger partial charge in [0.15, 0.2) is 0 Å². The molecule has 0 bridgehead atoms. The van der Waals surface area contributed by atoms with Crippen molar-refractivity contribution in [1.29, 1.82) is 0 Å². The summed E-state index contributed by atoms with van der Waals surface area (Å²) in [6.07, 6.45) is 2.59. The summed E-state index contributed by atoms with van der Waals surface area (Å²) in [4.78, 5) is 16.7. The number of imidazole rings is 1. The average molecular weight is 260 g/mol. The summed E-state index contributed by atoms with van der Waals surface area (Å²) in [5.41, 5.74) is 2.80. The first-order valence-electron chi connectivity index (χ1n) is 6.93. The number of aromatic amines is 2. The third-order valence-electron chi connectivity index (χ3n) is 3.74. The molecule has 0 saturated carbocycles. The zero-order valence-corrected chi connectivity index (χ0v) is 11.0. The molecule has 102 valence electrons. The fourth-order valence-corrected chi connectivity index (χ4v) is 2.71. The van der Waals surface area contributed by atoms with Gasteiger partial charge in [-0.05, 0) is 56.1 Å². The first kappa shape index (κ1) is 12.4. The topological polar surface area (TPSA) is 72.7 Å². The predicted octanol–water partition coefficient (Wildman–Crippen LogP) is 0.945. The summed E-state index contributed by atoms with van der Waals surface area (Å²) in [5, 5.41) is 6.93. The van der Waals surface area contributed by atoms with Crippen LogP contribution in [0.15, 0.2) is 23.0 Å². The van der Waals surface area contributed by atoms with E-state index in [1.165, 1.54) is 18.4 Å². The molecule has 0 spiro atoms. The molecule has 1 atom stereocenters. The molecule has 1 fully saturated rings. The zero-order chi connectivity index (χ0) is 13.1. The Morgan fingerprint density at radius 2 is 2.16 bits per heavy atom. The smallest absolute Gasteiger partial charge is 0.316 e. The molecule has 1 aromatic heterocycles. The number of fused-ring (bicyclic) bond motifs is 1. The number of H-pyrrole nitrogens is 2. The van der Waals surface area contributed by atoms with Crippen molar-refractivity contribution < 1.29 is 0 Å². The number of piperidine rings is 1. The highest BCUT2D eigenvalue weighted by Gasteiger charge is 2.11. The molecule has 19 heavy (non-hydrogen) atoms. The molecular weight excluding hydrogens is 240 g/mol. The van der Waals surface area contributed by atoms with Gasteiger partial charge in [0.25, 0.3) is 0 Å². The Balaban J connectivity index is 1.57. The highest BCUT2D eigenvalue weighted by Crippen LogP contribution is 2.11. The van der Waals surface area contributed by atoms with Crippen LogP contribution >= 0.6 is 0 Å². The summed E-state index contributed by atoms with van der Waals surface area (Å²) >= 11 is 0. The second kappa shape index (κ2) is 5.59. The van der Waals surface area contributed by atoms with Gasteiger partial charge in [-0.3, -0.25) is 0 Å². The lowest BCUT2D eigenvalue weighted by atomic mass is 10.00. The van der Waals surface area contributed by atoms with E-state index in [-0.39, 0.29) is 5.69 Å². The predicted molar refractivity (Wildman–Crippen MR) is 76.2 cm³/mol. The van der Waals surface area contributed by atoms with Crippen molar-refractivity contribution in [2.45, 2.75) is 19.4 Å². The average Bonchev–Trinajstić information content (AvgIpc) is 2.79. The molecule has 5 heteroatoms. The molecule has 0 radical (unpaired) electrons. The third-order valence-corrected chi connectivity index (χ3v) is 3.74. The minimum Gasteiger partial charge on any atom is -0.316 e. The lowest BCUT2D eigenvalue weighted by Crippen LogP contribution is -2.35. The molecule has 2 heterocycles. The molecule has 1 saturated heterocycles. The maximum Gasteiger partial charge on any atom is 0.323 e. The van der Waals surface area contributed by atoms with Gasteiger partial charge in [0, 0.05) is 6.54 Å². The first-order chi connectivity index (χ1) is 9.31. The minimum atomic E-state index is -0.145. The number of rotatable bonds is 4. The van der Waals surface area contributed by atoms with E-state index in [9.17, 15) is 4.79 Å². The molecule has 2 aromatic rings. The summed E-state index contributed by atoms with van der Waals surface area (Å²) in [6, 6.07) is 6.03. The largest absolute Gasteiger partial charge is 0.323 e. The number of benzene rings is 1. The van der Waals surface area contributed by atoms with Gasteiger partial charge in [0.05, 0.1) is 11.0 Å². The van der Waals surface area contributed by atoms with E-state index >= 15 is 0 Å². The SMILES string of the molecule is O=c1[nH]c2ccc(CNCC3CCCNC3)cc2[nH]1. The van der Waals surface area contributed by atoms with E-state index in [0.717, 1.165) is 43.1 Å². The molecule has 1 aliphatic rings. The van der Waals surface area contributed by atoms with Crippen LogP contribution in [0.25, 0.3) is 11.0 Å². The molecular formula is C14H20N4O. The van der Waals surface area contributed by atoms with Crippen molar-refractivity contribution in [3.8, 4) is 0 Å². The molecule has 1 aliphatic heterocycles. The fraction of sp³-hybridized carbons (Fsp3) is 0.500. The van der Waals surface area contributed by atoms with Gasteiger partial charge < -0.3 is 20.6 Å². The van der Waals surface area contributed by atoms with Gasteiger partial charge in [-0.1, -0.05) is 6.07 Å². The minimum absolute atomic E-state index is 0.145. The maximum atomic E-state index is 11.2. The Labute approximate surface area is 111 Å². The Morgan fingerprint density at radius 1 is 1.26 bits per heavy atom. The van der Waals surface area contributed by atoms with E-state index in [1.54, 1.807) is 0 Å². The van der Waals surface area contributed by atoms with E-state index < -0.39 is 0 Å². The Hall–Kier alpha value is -1.59. The number of aromatic nitrogens is 2. The van der Waals surface area contributed by atoms with Crippen molar-refractivity contribution in [3.05, 3.63) is 34.2 Å². The van der Waals surface area contributed by atoms with Crippen molar-refractivity contribution in [3.63, 3.8) is 0 Å². The number of nitrogens with one attached hydrogen (secondary N) is 4. The number of hydrogen-bond acceptors (Lipinski definition) is 3. The normalized spacial score (nSPS) is 19.9. The zero-order valence-electron chi connectivity index (χ0n) is 11.0. The second-order valence-electron chi connectivity index (χ2n) is 5.30. The van der Waals surface area contributed by atoms with Crippen LogP contribution in [0.1, 0.15) is 18.4 Å². The van der Waals surface area contributed by atoms with E-state index in [4.69, 9.17) is 0 Å². The third kappa shape index (κ3) is 3.05. The quantitative estimate of drug-likeness (QED) is 0.661. The summed E-state index contributed by atoms with van der Waals surface area (Å²) in [6.45, 7) is 4.18. The fourth-order valence-electron chi connectivity index (χ4n) is 2.71. The molecule has 0 amide bonds.